The molecule has 1 aromatic carbocycles. The van der Waals surface area contributed by atoms with Crippen LogP contribution in [0.1, 0.15) is 29.9 Å². The molecule has 0 spiro atoms. The maximum Gasteiger partial charge on any atom is 0.254 e. The lowest BCUT2D eigenvalue weighted by atomic mass is 10.2. The minimum atomic E-state index is -3.26. The Morgan fingerprint density at radius 3 is 2.43 bits per heavy atom. The minimum Gasteiger partial charge on any atom is -0.350 e. The van der Waals surface area contributed by atoms with Crippen LogP contribution < -0.4 is 5.32 Å². The SMILES string of the molecule is Cc1c(C(=O)NCC(C)(C)S(C)(=O)=O)cnn1-c1ccccc1. The van der Waals surface area contributed by atoms with Gasteiger partial charge < -0.3 is 5.32 Å². The largest absolute Gasteiger partial charge is 0.350 e. The molecule has 7 heteroatoms. The smallest absolute Gasteiger partial charge is 0.254 e. The van der Waals surface area contributed by atoms with E-state index >= 15 is 0 Å². The van der Waals surface area contributed by atoms with Crippen LogP contribution in [0.25, 0.3) is 5.69 Å². The molecule has 6 nitrogen and oxygen atoms in total. The molecular weight excluding hydrogens is 314 g/mol. The standard InChI is InChI=1S/C16H21N3O3S/c1-12-14(10-18-19(12)13-8-6-5-7-9-13)15(20)17-11-16(2,3)23(4,21)22/h5-10H,11H2,1-4H3,(H,17,20). The number of nitrogens with one attached hydrogen (secondary N) is 1. The fraction of sp³-hybridized carbons (Fsp3) is 0.375. The molecule has 1 N–H and O–H groups in total. The van der Waals surface area contributed by atoms with Gasteiger partial charge in [-0.15, -0.1) is 0 Å². The predicted octanol–water partition coefficient (Wildman–Crippen LogP) is 1.73. The summed E-state index contributed by atoms with van der Waals surface area (Å²) in [6, 6.07) is 9.49. The highest BCUT2D eigenvalue weighted by Gasteiger charge is 2.31. The second kappa shape index (κ2) is 6.16. The normalized spacial score (nSPS) is 12.2. The van der Waals surface area contributed by atoms with Gasteiger partial charge in [-0.05, 0) is 32.9 Å². The van der Waals surface area contributed by atoms with Crippen molar-refractivity contribution in [2.75, 3.05) is 12.8 Å². The predicted molar refractivity (Wildman–Crippen MR) is 89.6 cm³/mol. The van der Waals surface area contributed by atoms with E-state index in [2.05, 4.69) is 10.4 Å². The van der Waals surface area contributed by atoms with Crippen molar-refractivity contribution in [1.82, 2.24) is 15.1 Å². The van der Waals surface area contributed by atoms with Gasteiger partial charge in [-0.25, -0.2) is 13.1 Å². The topological polar surface area (TPSA) is 81.1 Å². The number of nitrogens with zero attached hydrogens (tertiary/aromatic N) is 2. The summed E-state index contributed by atoms with van der Waals surface area (Å²) in [7, 11) is -3.26. The van der Waals surface area contributed by atoms with E-state index in [1.807, 2.05) is 30.3 Å². The number of amides is 1. The highest BCUT2D eigenvalue weighted by molar-refractivity contribution is 7.92. The Morgan fingerprint density at radius 1 is 1.26 bits per heavy atom. The van der Waals surface area contributed by atoms with Crippen LogP contribution in [0.2, 0.25) is 0 Å². The zero-order valence-electron chi connectivity index (χ0n) is 13.7. The summed E-state index contributed by atoms with van der Waals surface area (Å²) >= 11 is 0. The van der Waals surface area contributed by atoms with E-state index in [1.54, 1.807) is 25.5 Å². The second-order valence-electron chi connectivity index (χ2n) is 6.11. The zero-order valence-corrected chi connectivity index (χ0v) is 14.5. The summed E-state index contributed by atoms with van der Waals surface area (Å²) in [5.41, 5.74) is 1.99. The Morgan fingerprint density at radius 2 is 1.87 bits per heavy atom. The molecule has 1 aromatic heterocycles. The first kappa shape index (κ1) is 17.2. The van der Waals surface area contributed by atoms with E-state index in [4.69, 9.17) is 0 Å². The molecule has 0 aliphatic carbocycles. The van der Waals surface area contributed by atoms with Crippen molar-refractivity contribution >= 4 is 15.7 Å². The monoisotopic (exact) mass is 335 g/mol. The van der Waals surface area contributed by atoms with Gasteiger partial charge in [0.15, 0.2) is 9.84 Å². The molecule has 124 valence electrons. The number of aromatic nitrogens is 2. The first-order valence-corrected chi connectivity index (χ1v) is 9.10. The molecule has 1 amide bonds. The lowest BCUT2D eigenvalue weighted by Gasteiger charge is -2.22. The Bertz CT molecular complexity index is 808. The van der Waals surface area contributed by atoms with Gasteiger partial charge in [0, 0.05) is 12.8 Å². The van der Waals surface area contributed by atoms with Gasteiger partial charge in [0.05, 0.1) is 27.9 Å². The maximum absolute atomic E-state index is 12.3. The Hall–Kier alpha value is -2.15. The number of carbonyl (C=O) groups is 1. The van der Waals surface area contributed by atoms with Crippen LogP contribution >= 0.6 is 0 Å². The third-order valence-corrected chi connectivity index (χ3v) is 6.09. The maximum atomic E-state index is 12.3. The molecule has 23 heavy (non-hydrogen) atoms. The van der Waals surface area contributed by atoms with Crippen molar-refractivity contribution in [3.8, 4) is 5.69 Å². The van der Waals surface area contributed by atoms with Gasteiger partial charge in [0.1, 0.15) is 0 Å². The highest BCUT2D eigenvalue weighted by atomic mass is 32.2. The number of para-hydroxylation sites is 1. The summed E-state index contributed by atoms with van der Waals surface area (Å²) in [6.45, 7) is 5.02. The van der Waals surface area contributed by atoms with Crippen molar-refractivity contribution in [1.29, 1.82) is 0 Å². The van der Waals surface area contributed by atoms with Crippen LogP contribution in [0, 0.1) is 6.92 Å². The van der Waals surface area contributed by atoms with E-state index in [9.17, 15) is 13.2 Å². The second-order valence-corrected chi connectivity index (χ2v) is 8.76. The van der Waals surface area contributed by atoms with Crippen molar-refractivity contribution in [2.24, 2.45) is 0 Å². The van der Waals surface area contributed by atoms with Crippen molar-refractivity contribution in [3.05, 3.63) is 47.8 Å². The molecule has 0 aliphatic rings. The van der Waals surface area contributed by atoms with Crippen LogP contribution in [0.15, 0.2) is 36.5 Å². The summed E-state index contributed by atoms with van der Waals surface area (Å²) < 4.78 is 24.0. The average Bonchev–Trinajstić information content (AvgIpc) is 2.86. The van der Waals surface area contributed by atoms with Crippen LogP contribution in [0.4, 0.5) is 0 Å². The summed E-state index contributed by atoms with van der Waals surface area (Å²) in [4.78, 5) is 12.3. The Balaban J connectivity index is 2.18. The third kappa shape index (κ3) is 3.61. The molecule has 0 saturated carbocycles. The van der Waals surface area contributed by atoms with Crippen molar-refractivity contribution < 1.29 is 13.2 Å². The molecule has 2 aromatic rings. The molecule has 2 rings (SSSR count). The van der Waals surface area contributed by atoms with E-state index in [-0.39, 0.29) is 12.5 Å². The Labute approximate surface area is 136 Å². The van der Waals surface area contributed by atoms with E-state index in [0.717, 1.165) is 11.9 Å². The Kier molecular flexibility index (Phi) is 4.61. The van der Waals surface area contributed by atoms with Gasteiger partial charge in [-0.1, -0.05) is 18.2 Å². The number of sulfone groups is 1. The number of hydrogen-bond acceptors (Lipinski definition) is 4. The quantitative estimate of drug-likeness (QED) is 0.902. The molecule has 0 fully saturated rings. The van der Waals surface area contributed by atoms with E-state index in [1.165, 1.54) is 6.20 Å². The van der Waals surface area contributed by atoms with E-state index in [0.29, 0.717) is 11.3 Å². The van der Waals surface area contributed by atoms with Crippen LogP contribution in [-0.4, -0.2) is 41.7 Å². The van der Waals surface area contributed by atoms with E-state index < -0.39 is 14.6 Å². The average molecular weight is 335 g/mol. The number of rotatable bonds is 5. The summed E-state index contributed by atoms with van der Waals surface area (Å²) in [5.74, 6) is -0.332. The first-order valence-electron chi connectivity index (χ1n) is 7.21. The first-order chi connectivity index (χ1) is 10.6. The van der Waals surface area contributed by atoms with Gasteiger partial charge >= 0.3 is 0 Å². The highest BCUT2D eigenvalue weighted by Crippen LogP contribution is 2.16. The molecule has 0 radical (unpaired) electrons. The van der Waals surface area contributed by atoms with Gasteiger partial charge in [-0.3, -0.25) is 4.79 Å². The van der Waals surface area contributed by atoms with Gasteiger partial charge in [-0.2, -0.15) is 5.10 Å². The zero-order chi connectivity index (χ0) is 17.3. The molecule has 0 unspecified atom stereocenters. The number of benzene rings is 1. The molecule has 1 heterocycles. The molecule has 0 saturated heterocycles. The minimum absolute atomic E-state index is 0.0423. The van der Waals surface area contributed by atoms with Crippen molar-refractivity contribution in [2.45, 2.75) is 25.5 Å². The number of carbonyl (C=O) groups excluding carboxylic acids is 1. The fourth-order valence-corrected chi connectivity index (χ4v) is 2.32. The van der Waals surface area contributed by atoms with Crippen LogP contribution in [-0.2, 0) is 9.84 Å². The molecular formula is C16H21N3O3S. The third-order valence-electron chi connectivity index (χ3n) is 3.93. The van der Waals surface area contributed by atoms with Gasteiger partial charge in [0.2, 0.25) is 0 Å². The molecule has 0 atom stereocenters. The van der Waals surface area contributed by atoms with Crippen molar-refractivity contribution in [3.63, 3.8) is 0 Å². The van der Waals surface area contributed by atoms with Crippen LogP contribution in [0.3, 0.4) is 0 Å². The number of hydrogen-bond donors (Lipinski definition) is 1. The van der Waals surface area contributed by atoms with Crippen LogP contribution in [0.5, 0.6) is 0 Å². The van der Waals surface area contributed by atoms with Gasteiger partial charge in [0.25, 0.3) is 5.91 Å². The molecule has 0 aliphatic heterocycles. The summed E-state index contributed by atoms with van der Waals surface area (Å²) in [6.07, 6.45) is 2.66. The lowest BCUT2D eigenvalue weighted by Crippen LogP contribution is -2.43. The summed E-state index contributed by atoms with van der Waals surface area (Å²) in [5, 5.41) is 6.92. The molecule has 0 bridgehead atoms. The fourth-order valence-electron chi connectivity index (χ4n) is 1.98. The lowest BCUT2D eigenvalue weighted by molar-refractivity contribution is 0.0950.